The van der Waals surface area contributed by atoms with Crippen LogP contribution < -0.4 is 4.90 Å². The van der Waals surface area contributed by atoms with Crippen molar-refractivity contribution in [3.8, 4) is 0 Å². The summed E-state index contributed by atoms with van der Waals surface area (Å²) in [7, 11) is -3.38. The lowest BCUT2D eigenvalue weighted by Crippen LogP contribution is -2.35. The normalized spacial score (nSPS) is 17.5. The van der Waals surface area contributed by atoms with Gasteiger partial charge in [0, 0.05) is 31.7 Å². The molecule has 0 aromatic heterocycles. The molecular weight excluding hydrogens is 372 g/mol. The smallest absolute Gasteiger partial charge is 0.243 e. The number of hydrogen-bond donors (Lipinski definition) is 0. The first kappa shape index (κ1) is 19.2. The van der Waals surface area contributed by atoms with Gasteiger partial charge >= 0.3 is 0 Å². The van der Waals surface area contributed by atoms with E-state index in [1.807, 2.05) is 35.2 Å². The molecule has 2 aliphatic rings. The van der Waals surface area contributed by atoms with E-state index < -0.39 is 10.0 Å². The van der Waals surface area contributed by atoms with Gasteiger partial charge < -0.3 is 4.90 Å². The second-order valence-corrected chi connectivity index (χ2v) is 9.47. The minimum Gasteiger partial charge on any atom is -0.312 e. The average Bonchev–Trinajstić information content (AvgIpc) is 3.28. The number of carbonyl (C=O) groups is 1. The summed E-state index contributed by atoms with van der Waals surface area (Å²) in [6, 6.07) is 15.1. The van der Waals surface area contributed by atoms with E-state index in [1.165, 1.54) is 5.56 Å². The Hall–Kier alpha value is -2.18. The highest BCUT2D eigenvalue weighted by atomic mass is 32.2. The molecule has 148 valence electrons. The van der Waals surface area contributed by atoms with Crippen molar-refractivity contribution in [1.82, 2.24) is 4.31 Å². The van der Waals surface area contributed by atoms with Gasteiger partial charge in [0.1, 0.15) is 0 Å². The lowest BCUT2D eigenvalue weighted by atomic mass is 10.0. The number of nitrogens with zero attached hydrogens (tertiary/aromatic N) is 2. The summed E-state index contributed by atoms with van der Waals surface area (Å²) < 4.78 is 26.8. The van der Waals surface area contributed by atoms with Crippen LogP contribution in [0, 0.1) is 0 Å². The second-order valence-electron chi connectivity index (χ2n) is 7.53. The molecule has 1 fully saturated rings. The monoisotopic (exact) mass is 398 g/mol. The van der Waals surface area contributed by atoms with Gasteiger partial charge in [-0.2, -0.15) is 4.31 Å². The van der Waals surface area contributed by atoms with Gasteiger partial charge in [-0.3, -0.25) is 4.79 Å². The summed E-state index contributed by atoms with van der Waals surface area (Å²) in [5.41, 5.74) is 3.25. The number of amides is 1. The molecule has 2 aromatic carbocycles. The van der Waals surface area contributed by atoms with Crippen LogP contribution >= 0.6 is 0 Å². The molecule has 6 heteroatoms. The van der Waals surface area contributed by atoms with Crippen LogP contribution in [0.2, 0.25) is 0 Å². The Balaban J connectivity index is 1.40. The first-order valence-corrected chi connectivity index (χ1v) is 11.5. The van der Waals surface area contributed by atoms with Crippen LogP contribution in [-0.4, -0.2) is 38.3 Å². The molecule has 0 spiro atoms. The van der Waals surface area contributed by atoms with Gasteiger partial charge in [0.15, 0.2) is 0 Å². The third-order valence-electron chi connectivity index (χ3n) is 5.67. The summed E-state index contributed by atoms with van der Waals surface area (Å²) in [4.78, 5) is 15.0. The highest BCUT2D eigenvalue weighted by molar-refractivity contribution is 7.89. The fraction of sp³-hybridized carbons (Fsp3) is 0.409. The Morgan fingerprint density at radius 2 is 1.61 bits per heavy atom. The Morgan fingerprint density at radius 3 is 2.36 bits per heavy atom. The van der Waals surface area contributed by atoms with Crippen LogP contribution in [0.3, 0.4) is 0 Å². The van der Waals surface area contributed by atoms with Gasteiger partial charge in [0.25, 0.3) is 0 Å². The zero-order valence-corrected chi connectivity index (χ0v) is 16.8. The van der Waals surface area contributed by atoms with Crippen LogP contribution in [0.25, 0.3) is 0 Å². The predicted molar refractivity (Wildman–Crippen MR) is 110 cm³/mol. The largest absolute Gasteiger partial charge is 0.312 e. The maximum Gasteiger partial charge on any atom is 0.243 e. The van der Waals surface area contributed by atoms with Crippen molar-refractivity contribution in [2.75, 3.05) is 24.5 Å². The maximum atomic E-state index is 12.8. The van der Waals surface area contributed by atoms with E-state index >= 15 is 0 Å². The predicted octanol–water partition coefficient (Wildman–Crippen LogP) is 3.38. The van der Waals surface area contributed by atoms with Crippen LogP contribution in [0.1, 0.15) is 36.8 Å². The molecule has 0 bridgehead atoms. The number of carbonyl (C=O) groups excluding carboxylic acids is 1. The molecule has 0 saturated carbocycles. The number of sulfonamides is 1. The molecule has 4 rings (SSSR count). The van der Waals surface area contributed by atoms with E-state index in [0.717, 1.165) is 43.5 Å². The van der Waals surface area contributed by atoms with Gasteiger partial charge in [0.05, 0.1) is 4.90 Å². The molecular formula is C22H26N2O3S. The molecule has 5 nitrogen and oxygen atoms in total. The highest BCUT2D eigenvalue weighted by Crippen LogP contribution is 2.27. The number of aryl methyl sites for hydroxylation is 2. The van der Waals surface area contributed by atoms with E-state index in [1.54, 1.807) is 16.4 Å². The van der Waals surface area contributed by atoms with Crippen molar-refractivity contribution in [2.24, 2.45) is 0 Å². The molecule has 0 N–H and O–H groups in total. The molecule has 1 amide bonds. The average molecular weight is 399 g/mol. The van der Waals surface area contributed by atoms with E-state index in [2.05, 4.69) is 6.07 Å². The topological polar surface area (TPSA) is 57.7 Å². The summed E-state index contributed by atoms with van der Waals surface area (Å²) in [5.74, 6) is 0.126. The van der Waals surface area contributed by atoms with Gasteiger partial charge in [-0.05, 0) is 61.4 Å². The standard InChI is InChI=1S/C22H26N2O3S/c25-22(24-17-5-7-19-6-1-2-8-21(19)24)14-11-18-9-12-20(13-10-18)28(26,27)23-15-3-4-16-23/h1-2,6,8-10,12-13H,3-5,7,11,14-17H2. The van der Waals surface area contributed by atoms with E-state index in [9.17, 15) is 13.2 Å². The summed E-state index contributed by atoms with van der Waals surface area (Å²) in [6.07, 6.45) is 4.91. The van der Waals surface area contributed by atoms with Gasteiger partial charge in [-0.15, -0.1) is 0 Å². The molecule has 2 aromatic rings. The summed E-state index contributed by atoms with van der Waals surface area (Å²) >= 11 is 0. The van der Waals surface area contributed by atoms with Crippen LogP contribution in [0.15, 0.2) is 53.4 Å². The van der Waals surface area contributed by atoms with E-state index in [4.69, 9.17) is 0 Å². The van der Waals surface area contributed by atoms with Crippen molar-refractivity contribution in [1.29, 1.82) is 0 Å². The zero-order chi connectivity index (χ0) is 19.6. The minimum absolute atomic E-state index is 0.126. The third-order valence-corrected chi connectivity index (χ3v) is 7.58. The van der Waals surface area contributed by atoms with Gasteiger partial charge in [0.2, 0.25) is 15.9 Å². The van der Waals surface area contributed by atoms with E-state index in [-0.39, 0.29) is 5.91 Å². The highest BCUT2D eigenvalue weighted by Gasteiger charge is 2.27. The van der Waals surface area contributed by atoms with Crippen molar-refractivity contribution < 1.29 is 13.2 Å². The minimum atomic E-state index is -3.38. The first-order chi connectivity index (χ1) is 13.6. The lowest BCUT2D eigenvalue weighted by molar-refractivity contribution is -0.118. The number of para-hydroxylation sites is 1. The zero-order valence-electron chi connectivity index (χ0n) is 16.0. The van der Waals surface area contributed by atoms with Gasteiger partial charge in [-0.25, -0.2) is 8.42 Å². The Labute approximate surface area is 167 Å². The third kappa shape index (κ3) is 3.84. The molecule has 1 saturated heterocycles. The summed E-state index contributed by atoms with van der Waals surface area (Å²) in [6.45, 7) is 1.98. The molecule has 0 unspecified atom stereocenters. The Kier molecular flexibility index (Phi) is 5.51. The SMILES string of the molecule is O=C(CCc1ccc(S(=O)(=O)N2CCCC2)cc1)N1CCCc2ccccc21. The van der Waals surface area contributed by atoms with Crippen molar-refractivity contribution in [3.05, 3.63) is 59.7 Å². The summed E-state index contributed by atoms with van der Waals surface area (Å²) in [5, 5.41) is 0. The number of hydrogen-bond acceptors (Lipinski definition) is 3. The molecule has 0 radical (unpaired) electrons. The van der Waals surface area contributed by atoms with E-state index in [0.29, 0.717) is 30.8 Å². The number of anilines is 1. The Morgan fingerprint density at radius 1 is 0.893 bits per heavy atom. The van der Waals surface area contributed by atoms with Crippen LogP contribution in [0.4, 0.5) is 5.69 Å². The maximum absolute atomic E-state index is 12.8. The van der Waals surface area contributed by atoms with Crippen molar-refractivity contribution in [3.63, 3.8) is 0 Å². The van der Waals surface area contributed by atoms with Crippen LogP contribution in [0.5, 0.6) is 0 Å². The molecule has 0 aliphatic carbocycles. The van der Waals surface area contributed by atoms with Gasteiger partial charge in [-0.1, -0.05) is 30.3 Å². The van der Waals surface area contributed by atoms with Crippen molar-refractivity contribution >= 4 is 21.6 Å². The van der Waals surface area contributed by atoms with Crippen LogP contribution in [-0.2, 0) is 27.7 Å². The Bertz CT molecular complexity index is 948. The molecule has 28 heavy (non-hydrogen) atoms. The number of fused-ring (bicyclic) bond motifs is 1. The molecule has 2 heterocycles. The fourth-order valence-corrected chi connectivity index (χ4v) is 5.60. The molecule has 2 aliphatic heterocycles. The quantitative estimate of drug-likeness (QED) is 0.776. The fourth-order valence-electron chi connectivity index (χ4n) is 4.08. The lowest BCUT2D eigenvalue weighted by Gasteiger charge is -2.29. The number of rotatable bonds is 5. The first-order valence-electron chi connectivity index (χ1n) is 10.0. The second kappa shape index (κ2) is 8.05. The molecule has 0 atom stereocenters. The van der Waals surface area contributed by atoms with Crippen molar-refractivity contribution in [2.45, 2.75) is 43.4 Å². The number of benzene rings is 2.